The van der Waals surface area contributed by atoms with Gasteiger partial charge in [-0.15, -0.1) is 0 Å². The van der Waals surface area contributed by atoms with Crippen LogP contribution in [0.3, 0.4) is 0 Å². The van der Waals surface area contributed by atoms with E-state index >= 15 is 0 Å². The molecule has 156 valence electrons. The van der Waals surface area contributed by atoms with Gasteiger partial charge in [-0.1, -0.05) is 60.2 Å². The summed E-state index contributed by atoms with van der Waals surface area (Å²) in [5.74, 6) is -2.55. The van der Waals surface area contributed by atoms with Crippen molar-refractivity contribution in [2.24, 2.45) is 0 Å². The van der Waals surface area contributed by atoms with Gasteiger partial charge in [0.25, 0.3) is 0 Å². The zero-order valence-electron chi connectivity index (χ0n) is 16.4. The molecule has 0 aliphatic heterocycles. The zero-order chi connectivity index (χ0) is 22.1. The third kappa shape index (κ3) is 4.02. The fourth-order valence-electron chi connectivity index (χ4n) is 3.32. The number of aromatic nitrogens is 1. The normalized spacial score (nSPS) is 12.1. The number of fused-ring (bicyclic) bond motifs is 1. The second-order valence-electron chi connectivity index (χ2n) is 7.11. The SMILES string of the molecule is Cc1ccc(C[S+]([O-])c2[nH]c3c(F)ccc(F)c3c(=O)c2C(=O)c2ccccc2)cc1. The van der Waals surface area contributed by atoms with Crippen molar-refractivity contribution in [3.05, 3.63) is 111 Å². The minimum atomic E-state index is -1.89. The number of aryl methyl sites for hydroxylation is 1. The van der Waals surface area contributed by atoms with Gasteiger partial charge in [-0.25, -0.2) is 8.78 Å². The molecule has 0 saturated carbocycles. The second-order valence-corrected chi connectivity index (χ2v) is 8.50. The summed E-state index contributed by atoms with van der Waals surface area (Å²) in [6.07, 6.45) is 0. The third-order valence-corrected chi connectivity index (χ3v) is 6.29. The first-order chi connectivity index (χ1) is 14.9. The van der Waals surface area contributed by atoms with Gasteiger partial charge in [-0.2, -0.15) is 0 Å². The first kappa shape index (κ1) is 21.0. The van der Waals surface area contributed by atoms with E-state index in [-0.39, 0.29) is 16.3 Å². The Labute approximate surface area is 179 Å². The summed E-state index contributed by atoms with van der Waals surface area (Å²) in [5, 5.41) is -0.799. The first-order valence-electron chi connectivity index (χ1n) is 9.44. The Hall–Kier alpha value is -3.29. The van der Waals surface area contributed by atoms with Crippen LogP contribution in [0.15, 0.2) is 76.6 Å². The first-order valence-corrected chi connectivity index (χ1v) is 10.8. The van der Waals surface area contributed by atoms with Crippen LogP contribution >= 0.6 is 0 Å². The smallest absolute Gasteiger partial charge is 0.238 e. The molecule has 0 spiro atoms. The molecule has 1 aromatic heterocycles. The molecule has 0 bridgehead atoms. The fourth-order valence-corrected chi connectivity index (χ4v) is 4.59. The summed E-state index contributed by atoms with van der Waals surface area (Å²) in [6, 6.07) is 16.9. The number of H-pyrrole nitrogens is 1. The molecule has 1 atom stereocenters. The van der Waals surface area contributed by atoms with E-state index in [1.54, 1.807) is 30.3 Å². The molecule has 4 rings (SSSR count). The summed E-state index contributed by atoms with van der Waals surface area (Å²) < 4.78 is 42.0. The van der Waals surface area contributed by atoms with E-state index in [9.17, 15) is 22.9 Å². The number of nitrogens with one attached hydrogen (secondary N) is 1. The van der Waals surface area contributed by atoms with Crippen LogP contribution in [0.5, 0.6) is 0 Å². The minimum absolute atomic E-state index is 0.00622. The molecular weight excluding hydrogens is 420 g/mol. The molecule has 1 heterocycles. The van der Waals surface area contributed by atoms with Gasteiger partial charge < -0.3 is 9.54 Å². The van der Waals surface area contributed by atoms with Gasteiger partial charge in [0.05, 0.1) is 10.9 Å². The van der Waals surface area contributed by atoms with E-state index in [4.69, 9.17) is 0 Å². The van der Waals surface area contributed by atoms with Crippen molar-refractivity contribution >= 4 is 27.9 Å². The fraction of sp³-hybridized carbons (Fsp3) is 0.0833. The van der Waals surface area contributed by atoms with Crippen molar-refractivity contribution in [3.63, 3.8) is 0 Å². The van der Waals surface area contributed by atoms with Crippen molar-refractivity contribution in [2.45, 2.75) is 17.7 Å². The molecule has 1 unspecified atom stereocenters. The Morgan fingerprint density at radius 2 is 1.61 bits per heavy atom. The van der Waals surface area contributed by atoms with Gasteiger partial charge in [0.2, 0.25) is 16.2 Å². The van der Waals surface area contributed by atoms with Crippen molar-refractivity contribution < 1.29 is 18.1 Å². The minimum Gasteiger partial charge on any atom is -0.610 e. The van der Waals surface area contributed by atoms with Gasteiger partial charge in [-0.05, 0) is 19.1 Å². The van der Waals surface area contributed by atoms with Gasteiger partial charge in [-0.3, -0.25) is 9.59 Å². The number of carbonyl (C=O) groups excluding carboxylic acids is 1. The Morgan fingerprint density at radius 1 is 0.968 bits per heavy atom. The lowest BCUT2D eigenvalue weighted by Gasteiger charge is -2.15. The van der Waals surface area contributed by atoms with E-state index in [0.29, 0.717) is 5.56 Å². The maximum Gasteiger partial charge on any atom is 0.238 e. The van der Waals surface area contributed by atoms with Crippen LogP contribution in [0.2, 0.25) is 0 Å². The number of hydrogen-bond donors (Lipinski definition) is 1. The lowest BCUT2D eigenvalue weighted by molar-refractivity contribution is 0.103. The number of pyridine rings is 1. The molecule has 0 aliphatic rings. The summed E-state index contributed by atoms with van der Waals surface area (Å²) in [5.41, 5.74) is 0.0500. The van der Waals surface area contributed by atoms with Crippen LogP contribution in [0, 0.1) is 18.6 Å². The average Bonchev–Trinajstić information content (AvgIpc) is 2.77. The van der Waals surface area contributed by atoms with E-state index in [1.807, 2.05) is 19.1 Å². The van der Waals surface area contributed by atoms with Crippen molar-refractivity contribution in [3.8, 4) is 0 Å². The van der Waals surface area contributed by atoms with Crippen molar-refractivity contribution in [2.75, 3.05) is 0 Å². The number of aromatic amines is 1. The van der Waals surface area contributed by atoms with Crippen molar-refractivity contribution in [1.29, 1.82) is 0 Å². The van der Waals surface area contributed by atoms with Crippen LogP contribution < -0.4 is 5.43 Å². The number of carbonyl (C=O) groups is 1. The standard InChI is InChI=1S/C24H17F2NO3S/c1-14-7-9-15(10-8-14)13-31(30)24-20(22(28)16-5-3-2-4-6-16)23(29)19-17(25)11-12-18(26)21(19)27-24/h2-12H,13H2,1H3,(H,27,29). The number of rotatable bonds is 5. The van der Waals surface area contributed by atoms with Gasteiger partial charge in [0, 0.05) is 22.3 Å². The molecule has 31 heavy (non-hydrogen) atoms. The number of ketones is 1. The predicted octanol–water partition coefficient (Wildman–Crippen LogP) is 4.65. The van der Waals surface area contributed by atoms with E-state index in [1.165, 1.54) is 12.1 Å². The lowest BCUT2D eigenvalue weighted by atomic mass is 10.0. The monoisotopic (exact) mass is 437 g/mol. The number of benzene rings is 3. The van der Waals surface area contributed by atoms with Crippen LogP contribution in [-0.2, 0) is 16.9 Å². The molecule has 4 nitrogen and oxygen atoms in total. The molecule has 0 radical (unpaired) electrons. The highest BCUT2D eigenvalue weighted by Gasteiger charge is 2.30. The largest absolute Gasteiger partial charge is 0.610 e. The van der Waals surface area contributed by atoms with E-state index in [2.05, 4.69) is 4.98 Å². The van der Waals surface area contributed by atoms with E-state index in [0.717, 1.165) is 17.7 Å². The van der Waals surface area contributed by atoms with Crippen LogP contribution in [0.1, 0.15) is 27.0 Å². The third-order valence-electron chi connectivity index (χ3n) is 4.93. The maximum atomic E-state index is 14.4. The van der Waals surface area contributed by atoms with Gasteiger partial charge in [0.15, 0.2) is 0 Å². The Balaban J connectivity index is 1.93. The molecule has 1 N–H and O–H groups in total. The Morgan fingerprint density at radius 3 is 2.29 bits per heavy atom. The summed E-state index contributed by atoms with van der Waals surface area (Å²) in [4.78, 5) is 28.9. The maximum absolute atomic E-state index is 14.4. The van der Waals surface area contributed by atoms with Crippen LogP contribution in [-0.4, -0.2) is 15.3 Å². The molecule has 0 amide bonds. The molecule has 3 aromatic carbocycles. The molecule has 0 aliphatic carbocycles. The molecule has 0 fully saturated rings. The van der Waals surface area contributed by atoms with Crippen molar-refractivity contribution in [1.82, 2.24) is 4.98 Å². The van der Waals surface area contributed by atoms with Gasteiger partial charge >= 0.3 is 0 Å². The summed E-state index contributed by atoms with van der Waals surface area (Å²) >= 11 is -1.89. The second kappa shape index (κ2) is 8.45. The topological polar surface area (TPSA) is 73.0 Å². The molecule has 7 heteroatoms. The Kier molecular flexibility index (Phi) is 5.71. The highest BCUT2D eigenvalue weighted by Crippen LogP contribution is 2.25. The molecule has 0 saturated heterocycles. The number of hydrogen-bond acceptors (Lipinski definition) is 3. The predicted molar refractivity (Wildman–Crippen MR) is 116 cm³/mol. The highest BCUT2D eigenvalue weighted by molar-refractivity contribution is 7.90. The van der Waals surface area contributed by atoms with E-state index < -0.39 is 50.5 Å². The number of halogens is 2. The summed E-state index contributed by atoms with van der Waals surface area (Å²) in [6.45, 7) is 1.91. The summed E-state index contributed by atoms with van der Waals surface area (Å²) in [7, 11) is 0. The lowest BCUT2D eigenvalue weighted by Crippen LogP contribution is -2.25. The molecular formula is C24H17F2NO3S. The molecule has 4 aromatic rings. The van der Waals surface area contributed by atoms with Crippen LogP contribution in [0.25, 0.3) is 10.9 Å². The average molecular weight is 437 g/mol. The zero-order valence-corrected chi connectivity index (χ0v) is 17.3. The highest BCUT2D eigenvalue weighted by atomic mass is 32.2. The Bertz CT molecular complexity index is 1340. The quantitative estimate of drug-likeness (QED) is 0.365. The van der Waals surface area contributed by atoms with Crippen LogP contribution in [0.4, 0.5) is 8.78 Å². The van der Waals surface area contributed by atoms with Gasteiger partial charge in [0.1, 0.15) is 23.0 Å².